The molecular weight excluding hydrogens is 383 g/mol. The molecule has 1 atom stereocenters. The molecule has 6 nitrogen and oxygen atoms in total. The first-order chi connectivity index (χ1) is 13.2. The van der Waals surface area contributed by atoms with Gasteiger partial charge >= 0.3 is 6.18 Å². The number of imidazole rings is 1. The van der Waals surface area contributed by atoms with E-state index in [1.165, 1.54) is 19.4 Å². The lowest BCUT2D eigenvalue weighted by molar-refractivity contribution is -0.177. The quantitative estimate of drug-likeness (QED) is 0.692. The smallest absolute Gasteiger partial charge is 0.303 e. The van der Waals surface area contributed by atoms with E-state index >= 15 is 0 Å². The number of fused-ring (bicyclic) bond motifs is 1. The van der Waals surface area contributed by atoms with Crippen molar-refractivity contribution in [2.24, 2.45) is 4.99 Å². The number of nitrogens with zero attached hydrogens (tertiary/aromatic N) is 5. The number of hydrogen-bond donors (Lipinski definition) is 1. The van der Waals surface area contributed by atoms with Crippen LogP contribution in [0.1, 0.15) is 17.0 Å². The molecule has 28 heavy (non-hydrogen) atoms. The highest BCUT2D eigenvalue weighted by atomic mass is 19.4. The molecule has 0 fully saturated rings. The molecule has 0 spiro atoms. The van der Waals surface area contributed by atoms with Gasteiger partial charge in [0.15, 0.2) is 11.5 Å². The standard InChI is InChI=1S/C17H13F5N6/c1-27-16(17(20,21)22)25-14(26-27)13-8-28-5-4-23-15(28)12(24-13)7-9-6-10(18)2-3-11(9)19/h2-6,8,16H,7H2,1H3,(H,25,26). The minimum absolute atomic E-state index is 0.0566. The number of amidine groups is 1. The summed E-state index contributed by atoms with van der Waals surface area (Å²) in [6, 6.07) is 3.04. The first-order valence-corrected chi connectivity index (χ1v) is 8.13. The Hall–Kier alpha value is -3.08. The Morgan fingerprint density at radius 1 is 1.21 bits per heavy atom. The van der Waals surface area contributed by atoms with E-state index in [0.29, 0.717) is 5.65 Å². The second kappa shape index (κ2) is 6.51. The van der Waals surface area contributed by atoms with Gasteiger partial charge in [-0.2, -0.15) is 18.2 Å². The molecule has 0 bridgehead atoms. The first kappa shape index (κ1) is 18.3. The van der Waals surface area contributed by atoms with Gasteiger partial charge in [-0.1, -0.05) is 0 Å². The number of nitrogens with one attached hydrogen (secondary N) is 1. The van der Waals surface area contributed by atoms with Gasteiger partial charge in [0.05, 0.1) is 5.69 Å². The van der Waals surface area contributed by atoms with Gasteiger partial charge in [-0.3, -0.25) is 5.43 Å². The third-order valence-electron chi connectivity index (χ3n) is 4.25. The third kappa shape index (κ3) is 3.28. The second-order valence-corrected chi connectivity index (χ2v) is 6.26. The van der Waals surface area contributed by atoms with Gasteiger partial charge in [-0.25, -0.2) is 23.7 Å². The van der Waals surface area contributed by atoms with Crippen molar-refractivity contribution in [3.05, 3.63) is 65.4 Å². The maximum absolute atomic E-state index is 14.0. The molecule has 1 aromatic carbocycles. The minimum atomic E-state index is -4.56. The molecule has 4 rings (SSSR count). The Bertz CT molecular complexity index is 1070. The van der Waals surface area contributed by atoms with Gasteiger partial charge < -0.3 is 4.40 Å². The van der Waals surface area contributed by atoms with Crippen molar-refractivity contribution in [2.45, 2.75) is 18.8 Å². The van der Waals surface area contributed by atoms with E-state index in [1.807, 2.05) is 0 Å². The molecule has 0 amide bonds. The van der Waals surface area contributed by atoms with Crippen molar-refractivity contribution in [2.75, 3.05) is 7.05 Å². The third-order valence-corrected chi connectivity index (χ3v) is 4.25. The number of benzene rings is 1. The molecule has 3 heterocycles. The molecule has 2 aromatic heterocycles. The Morgan fingerprint density at radius 2 is 2.00 bits per heavy atom. The van der Waals surface area contributed by atoms with Crippen molar-refractivity contribution in [1.29, 1.82) is 0 Å². The van der Waals surface area contributed by atoms with Crippen LogP contribution in [-0.4, -0.2) is 44.6 Å². The highest BCUT2D eigenvalue weighted by Crippen LogP contribution is 2.27. The molecular formula is C17H13F5N6. The van der Waals surface area contributed by atoms with Crippen LogP contribution in [0.5, 0.6) is 0 Å². The SMILES string of the molecule is CN1NC(c2cn3ccnc3c(Cc3cc(F)ccc3F)n2)=NC1C(F)(F)F. The average molecular weight is 396 g/mol. The zero-order valence-corrected chi connectivity index (χ0v) is 14.4. The number of aliphatic imine (C=N–C) groups is 1. The zero-order chi connectivity index (χ0) is 20.1. The lowest BCUT2D eigenvalue weighted by Gasteiger charge is -2.19. The van der Waals surface area contributed by atoms with Crippen molar-refractivity contribution in [3.8, 4) is 0 Å². The molecule has 0 saturated heterocycles. The van der Waals surface area contributed by atoms with E-state index in [0.717, 1.165) is 23.2 Å². The van der Waals surface area contributed by atoms with Crippen molar-refractivity contribution in [3.63, 3.8) is 0 Å². The molecule has 3 aromatic rings. The Kier molecular flexibility index (Phi) is 4.26. The summed E-state index contributed by atoms with van der Waals surface area (Å²) in [5.41, 5.74) is 3.36. The van der Waals surface area contributed by atoms with E-state index in [4.69, 9.17) is 0 Å². The van der Waals surface area contributed by atoms with Crippen LogP contribution in [0.2, 0.25) is 0 Å². The lowest BCUT2D eigenvalue weighted by Crippen LogP contribution is -2.44. The lowest BCUT2D eigenvalue weighted by atomic mass is 10.1. The van der Waals surface area contributed by atoms with E-state index in [1.54, 1.807) is 10.6 Å². The summed E-state index contributed by atoms with van der Waals surface area (Å²) in [5, 5.41) is 0.820. The molecule has 0 saturated carbocycles. The van der Waals surface area contributed by atoms with Crippen LogP contribution in [0.15, 0.2) is 41.8 Å². The molecule has 0 aliphatic carbocycles. The summed E-state index contributed by atoms with van der Waals surface area (Å²) in [6.45, 7) is 0. The molecule has 11 heteroatoms. The summed E-state index contributed by atoms with van der Waals surface area (Å²) < 4.78 is 68.2. The van der Waals surface area contributed by atoms with Crippen LogP contribution >= 0.6 is 0 Å². The Balaban J connectivity index is 1.77. The topological polar surface area (TPSA) is 57.8 Å². The summed E-state index contributed by atoms with van der Waals surface area (Å²) in [7, 11) is 1.22. The highest BCUT2D eigenvalue weighted by Gasteiger charge is 2.46. The van der Waals surface area contributed by atoms with Gasteiger partial charge in [-0.05, 0) is 23.8 Å². The summed E-state index contributed by atoms with van der Waals surface area (Å²) in [4.78, 5) is 12.1. The monoisotopic (exact) mass is 396 g/mol. The maximum atomic E-state index is 14.0. The van der Waals surface area contributed by atoms with Crippen molar-refractivity contribution >= 4 is 11.5 Å². The van der Waals surface area contributed by atoms with E-state index in [-0.39, 0.29) is 29.2 Å². The first-order valence-electron chi connectivity index (χ1n) is 8.13. The maximum Gasteiger partial charge on any atom is 0.425 e. The summed E-state index contributed by atoms with van der Waals surface area (Å²) in [6.07, 6.45) is -2.19. The average Bonchev–Trinajstić information content (AvgIpc) is 3.24. The predicted octanol–water partition coefficient (Wildman–Crippen LogP) is 2.68. The van der Waals surface area contributed by atoms with Gasteiger partial charge in [0.25, 0.3) is 0 Å². The summed E-state index contributed by atoms with van der Waals surface area (Å²) >= 11 is 0. The second-order valence-electron chi connectivity index (χ2n) is 6.26. The van der Waals surface area contributed by atoms with Crippen LogP contribution < -0.4 is 5.43 Å². The number of hydrazine groups is 1. The highest BCUT2D eigenvalue weighted by molar-refractivity contribution is 5.97. The Morgan fingerprint density at radius 3 is 2.71 bits per heavy atom. The molecule has 0 radical (unpaired) electrons. The number of rotatable bonds is 3. The van der Waals surface area contributed by atoms with Gasteiger partial charge in [0.1, 0.15) is 17.3 Å². The van der Waals surface area contributed by atoms with Gasteiger partial charge in [-0.15, -0.1) is 0 Å². The molecule has 1 unspecified atom stereocenters. The van der Waals surface area contributed by atoms with E-state index < -0.39 is 24.0 Å². The molecule has 1 N–H and O–H groups in total. The molecule has 1 aliphatic rings. The minimum Gasteiger partial charge on any atom is -0.303 e. The van der Waals surface area contributed by atoms with Gasteiger partial charge in [0, 0.05) is 32.1 Å². The normalized spacial score (nSPS) is 17.8. The molecule has 1 aliphatic heterocycles. The number of hydrogen-bond acceptors (Lipinski definition) is 5. The van der Waals surface area contributed by atoms with Crippen molar-refractivity contribution in [1.82, 2.24) is 24.8 Å². The zero-order valence-electron chi connectivity index (χ0n) is 14.4. The number of aromatic nitrogens is 3. The fourth-order valence-corrected chi connectivity index (χ4v) is 2.97. The van der Waals surface area contributed by atoms with E-state index in [2.05, 4.69) is 20.4 Å². The van der Waals surface area contributed by atoms with E-state index in [9.17, 15) is 22.0 Å². The van der Waals surface area contributed by atoms with Crippen molar-refractivity contribution < 1.29 is 22.0 Å². The fraction of sp³-hybridized carbons (Fsp3) is 0.235. The number of halogens is 5. The molecule has 146 valence electrons. The number of alkyl halides is 3. The van der Waals surface area contributed by atoms with Crippen LogP contribution in [0.25, 0.3) is 5.65 Å². The Labute approximate surface area is 155 Å². The van der Waals surface area contributed by atoms with Gasteiger partial charge in [0.2, 0.25) is 6.17 Å². The fourth-order valence-electron chi connectivity index (χ4n) is 2.97. The van der Waals surface area contributed by atoms with Crippen LogP contribution in [0.3, 0.4) is 0 Å². The van der Waals surface area contributed by atoms with Crippen LogP contribution in [-0.2, 0) is 6.42 Å². The van der Waals surface area contributed by atoms with Crippen LogP contribution in [0, 0.1) is 11.6 Å². The largest absolute Gasteiger partial charge is 0.425 e. The summed E-state index contributed by atoms with van der Waals surface area (Å²) in [5.74, 6) is -1.31. The predicted molar refractivity (Wildman–Crippen MR) is 89.4 cm³/mol. The van der Waals surface area contributed by atoms with Crippen LogP contribution in [0.4, 0.5) is 22.0 Å².